The zero-order valence-corrected chi connectivity index (χ0v) is 55.0. The van der Waals surface area contributed by atoms with Crippen molar-refractivity contribution in [3.63, 3.8) is 0 Å². The fourth-order valence-corrected chi connectivity index (χ4v) is 10.4. The second kappa shape index (κ2) is 65.6. The van der Waals surface area contributed by atoms with E-state index in [2.05, 4.69) is 106 Å². The number of phosphoric acid groups is 1. The van der Waals surface area contributed by atoms with Crippen molar-refractivity contribution >= 4 is 25.7 Å². The van der Waals surface area contributed by atoms with Crippen molar-refractivity contribution in [2.75, 3.05) is 26.4 Å². The molecule has 3 unspecified atom stereocenters. The molecule has 0 radical (unpaired) electrons. The summed E-state index contributed by atoms with van der Waals surface area (Å²) < 4.78 is 39.8. The van der Waals surface area contributed by atoms with Gasteiger partial charge in [0.15, 0.2) is 6.10 Å². The highest BCUT2D eigenvalue weighted by atomic mass is 31.2. The first kappa shape index (κ1) is 80.7. The minimum Gasteiger partial charge on any atom is -0.462 e. The van der Waals surface area contributed by atoms with Crippen LogP contribution in [0.25, 0.3) is 0 Å². The average Bonchev–Trinajstić information content (AvgIpc) is 3.55. The van der Waals surface area contributed by atoms with Gasteiger partial charge < -0.3 is 24.2 Å². The fourth-order valence-electron chi connectivity index (χ4n) is 9.59. The van der Waals surface area contributed by atoms with Crippen LogP contribution in [-0.4, -0.2) is 66.5 Å². The maximum absolute atomic E-state index is 13.0. The molecule has 0 aromatic carbocycles. The third-order valence-electron chi connectivity index (χ3n) is 14.8. The summed E-state index contributed by atoms with van der Waals surface area (Å²) in [5.41, 5.74) is 0. The van der Waals surface area contributed by atoms with E-state index in [-0.39, 0.29) is 25.9 Å². The summed E-state index contributed by atoms with van der Waals surface area (Å²) in [6, 6.07) is 0. The van der Waals surface area contributed by atoms with E-state index in [0.717, 1.165) is 135 Å². The molecule has 84 heavy (non-hydrogen) atoms. The first-order valence-corrected chi connectivity index (χ1v) is 36.0. The monoisotopic (exact) mass is 1200 g/mol. The van der Waals surface area contributed by atoms with Crippen LogP contribution in [0.4, 0.5) is 0 Å². The molecule has 0 spiro atoms. The number of aliphatic hydroxyl groups is 1. The van der Waals surface area contributed by atoms with E-state index in [0.29, 0.717) is 19.3 Å². The molecule has 0 amide bonds. The molecule has 0 fully saturated rings. The molecule has 0 bridgehead atoms. The Balaban J connectivity index is 4.70. The van der Waals surface area contributed by atoms with Crippen molar-refractivity contribution in [1.82, 2.24) is 0 Å². The molecule has 0 aromatic rings. The molecule has 0 aliphatic rings. The molecule has 0 rings (SSSR count). The average molecular weight is 1200 g/mol. The standard InChI is InChI=1S/C72H127O11P/c1-4-7-10-13-16-19-22-25-28-31-34-37-40-43-46-49-52-55-58-61-70(74)79-65-69(83-72(76)63-60-57-54-51-48-45-42-39-36-33-30-27-24-21-18-15-12-9-6-3)67-81-84(77,78)80-66-68(64-73)82-71(75)62-59-56-53-50-47-44-41-38-35-32-29-26-23-20-17-14-11-8-5-2/h7,10,16,18-19,21,25,27-28,30,34,36-37,39,68-69,73H,4-6,8-9,11-15,17,20,22-24,26,29,31-33,35,38,40-67H2,1-3H3,(H,77,78)/b10-7-,19-16-,21-18-,28-25-,30-27-,37-34-,39-36-. The predicted octanol–water partition coefficient (Wildman–Crippen LogP) is 21.4. The van der Waals surface area contributed by atoms with Crippen LogP contribution in [0.15, 0.2) is 85.1 Å². The first-order valence-electron chi connectivity index (χ1n) is 34.5. The number of esters is 3. The van der Waals surface area contributed by atoms with Crippen molar-refractivity contribution in [3.05, 3.63) is 85.1 Å². The van der Waals surface area contributed by atoms with Gasteiger partial charge in [-0.15, -0.1) is 0 Å². The van der Waals surface area contributed by atoms with Crippen molar-refractivity contribution in [1.29, 1.82) is 0 Å². The second-order valence-corrected chi connectivity index (χ2v) is 24.4. The molecule has 0 aliphatic heterocycles. The summed E-state index contributed by atoms with van der Waals surface area (Å²) in [5.74, 6) is -1.48. The Bertz CT molecular complexity index is 1730. The molecule has 0 heterocycles. The number of hydrogen-bond donors (Lipinski definition) is 2. The van der Waals surface area contributed by atoms with E-state index >= 15 is 0 Å². The van der Waals surface area contributed by atoms with Gasteiger partial charge in [0.2, 0.25) is 0 Å². The van der Waals surface area contributed by atoms with Gasteiger partial charge in [-0.3, -0.25) is 23.4 Å². The number of phosphoric ester groups is 1. The van der Waals surface area contributed by atoms with Crippen LogP contribution < -0.4 is 0 Å². The number of aliphatic hydroxyl groups excluding tert-OH is 1. The lowest BCUT2D eigenvalue weighted by Gasteiger charge is -2.21. The molecule has 0 aromatic heterocycles. The van der Waals surface area contributed by atoms with Crippen LogP contribution in [0.2, 0.25) is 0 Å². The number of ether oxygens (including phenoxy) is 3. The molecule has 3 atom stereocenters. The van der Waals surface area contributed by atoms with Crippen molar-refractivity contribution in [3.8, 4) is 0 Å². The van der Waals surface area contributed by atoms with Crippen molar-refractivity contribution in [2.45, 2.75) is 328 Å². The summed E-state index contributed by atoms with van der Waals surface area (Å²) >= 11 is 0. The van der Waals surface area contributed by atoms with Crippen LogP contribution in [-0.2, 0) is 42.2 Å². The Hall–Kier alpha value is -3.34. The topological polar surface area (TPSA) is 155 Å². The molecule has 2 N–H and O–H groups in total. The number of allylic oxidation sites excluding steroid dienone is 14. The van der Waals surface area contributed by atoms with Crippen molar-refractivity contribution in [2.24, 2.45) is 0 Å². The number of carbonyl (C=O) groups is 3. The van der Waals surface area contributed by atoms with Gasteiger partial charge in [0.05, 0.1) is 19.8 Å². The quantitative estimate of drug-likeness (QED) is 0.0197. The Labute approximate surface area is 515 Å². The van der Waals surface area contributed by atoms with E-state index in [9.17, 15) is 28.9 Å². The van der Waals surface area contributed by atoms with Crippen molar-refractivity contribution < 1.29 is 52.2 Å². The minimum absolute atomic E-state index is 0.148. The van der Waals surface area contributed by atoms with E-state index in [4.69, 9.17) is 23.3 Å². The van der Waals surface area contributed by atoms with Crippen LogP contribution in [0, 0.1) is 0 Å². The summed E-state index contributed by atoms with van der Waals surface area (Å²) in [6.45, 7) is 4.54. The fraction of sp³-hybridized carbons (Fsp3) is 0.764. The second-order valence-electron chi connectivity index (χ2n) is 23.0. The van der Waals surface area contributed by atoms with Gasteiger partial charge in [-0.05, 0) is 96.3 Å². The number of carbonyl (C=O) groups excluding carboxylic acids is 3. The zero-order valence-electron chi connectivity index (χ0n) is 54.1. The highest BCUT2D eigenvalue weighted by molar-refractivity contribution is 7.47. The minimum atomic E-state index is -4.77. The van der Waals surface area contributed by atoms with Gasteiger partial charge in [0.1, 0.15) is 12.7 Å². The largest absolute Gasteiger partial charge is 0.472 e. The van der Waals surface area contributed by atoms with E-state index < -0.39 is 57.8 Å². The van der Waals surface area contributed by atoms with E-state index in [1.165, 1.54) is 122 Å². The third kappa shape index (κ3) is 63.2. The predicted molar refractivity (Wildman–Crippen MR) is 353 cm³/mol. The molecule has 486 valence electrons. The smallest absolute Gasteiger partial charge is 0.462 e. The maximum Gasteiger partial charge on any atom is 0.472 e. The van der Waals surface area contributed by atoms with Gasteiger partial charge in [-0.25, -0.2) is 4.57 Å². The van der Waals surface area contributed by atoms with Crippen LogP contribution in [0.5, 0.6) is 0 Å². The number of hydrogen-bond acceptors (Lipinski definition) is 10. The van der Waals surface area contributed by atoms with Crippen LogP contribution in [0.3, 0.4) is 0 Å². The lowest BCUT2D eigenvalue weighted by atomic mass is 10.0. The van der Waals surface area contributed by atoms with E-state index in [1.807, 2.05) is 0 Å². The summed E-state index contributed by atoms with van der Waals surface area (Å²) in [6.07, 6.45) is 78.1. The molecule has 12 heteroatoms. The highest BCUT2D eigenvalue weighted by Crippen LogP contribution is 2.43. The van der Waals surface area contributed by atoms with Crippen LogP contribution >= 0.6 is 7.82 Å². The van der Waals surface area contributed by atoms with Crippen LogP contribution in [0.1, 0.15) is 316 Å². The lowest BCUT2D eigenvalue weighted by Crippen LogP contribution is -2.30. The third-order valence-corrected chi connectivity index (χ3v) is 15.8. The Morgan fingerprint density at radius 3 is 0.976 bits per heavy atom. The zero-order chi connectivity index (χ0) is 61.2. The van der Waals surface area contributed by atoms with Gasteiger partial charge in [-0.1, -0.05) is 286 Å². The molecule has 0 aliphatic carbocycles. The number of rotatable bonds is 64. The molecule has 0 saturated heterocycles. The Morgan fingerprint density at radius 2 is 0.619 bits per heavy atom. The lowest BCUT2D eigenvalue weighted by molar-refractivity contribution is -0.161. The molecular formula is C72H127O11P. The Morgan fingerprint density at radius 1 is 0.345 bits per heavy atom. The maximum atomic E-state index is 13.0. The summed E-state index contributed by atoms with van der Waals surface area (Å²) in [4.78, 5) is 48.9. The molecule has 0 saturated carbocycles. The molecular weight excluding hydrogens is 1070 g/mol. The van der Waals surface area contributed by atoms with Gasteiger partial charge in [-0.2, -0.15) is 0 Å². The highest BCUT2D eigenvalue weighted by Gasteiger charge is 2.28. The normalized spacial score (nSPS) is 13.7. The van der Waals surface area contributed by atoms with Gasteiger partial charge in [0, 0.05) is 19.3 Å². The van der Waals surface area contributed by atoms with Gasteiger partial charge >= 0.3 is 25.7 Å². The van der Waals surface area contributed by atoms with E-state index in [1.54, 1.807) is 0 Å². The SMILES string of the molecule is CC/C=C\C/C=C\C/C=C\C/C=C\CCCCCCCCC(=O)OCC(COP(=O)(O)OCC(CO)OC(=O)CCCCCCCCCCCCCCCCCCCCC)OC(=O)CCCCCCCC/C=C\C/C=C\C/C=C\CCCCC. The van der Waals surface area contributed by atoms with Gasteiger partial charge in [0.25, 0.3) is 0 Å². The number of unbranched alkanes of at least 4 members (excludes halogenated alkanes) is 33. The Kier molecular flexibility index (Phi) is 63.0. The summed E-state index contributed by atoms with van der Waals surface area (Å²) in [5, 5.41) is 9.88. The first-order chi connectivity index (χ1) is 41.2. The molecule has 11 nitrogen and oxygen atoms in total. The summed E-state index contributed by atoms with van der Waals surface area (Å²) in [7, 11) is -4.77.